The second kappa shape index (κ2) is 7.54. The van der Waals surface area contributed by atoms with E-state index in [1.807, 2.05) is 6.92 Å². The van der Waals surface area contributed by atoms with Crippen molar-refractivity contribution in [3.8, 4) is 0 Å². The summed E-state index contributed by atoms with van der Waals surface area (Å²) in [5.74, 6) is -0.900. The summed E-state index contributed by atoms with van der Waals surface area (Å²) < 4.78 is 0. The second-order valence-electron chi connectivity index (χ2n) is 5.55. The molecule has 0 radical (unpaired) electrons. The lowest BCUT2D eigenvalue weighted by Crippen LogP contribution is -2.40. The van der Waals surface area contributed by atoms with Gasteiger partial charge in [0.15, 0.2) is 0 Å². The fraction of sp³-hybridized carbons (Fsp3) is 0.667. The predicted molar refractivity (Wildman–Crippen MR) is 81.7 cm³/mol. The van der Waals surface area contributed by atoms with Crippen molar-refractivity contribution in [3.63, 3.8) is 0 Å². The lowest BCUT2D eigenvalue weighted by atomic mass is 10.0. The molecule has 0 spiro atoms. The zero-order chi connectivity index (χ0) is 15.2. The number of amides is 1. The number of unbranched alkanes of at least 4 members (excludes halogenated alkanes) is 1. The highest BCUT2D eigenvalue weighted by Gasteiger charge is 2.27. The Morgan fingerprint density at radius 2 is 2.19 bits per heavy atom. The topological polar surface area (TPSA) is 79.3 Å². The van der Waals surface area contributed by atoms with Crippen LogP contribution in [-0.4, -0.2) is 28.0 Å². The van der Waals surface area contributed by atoms with Gasteiger partial charge in [0.05, 0.1) is 11.2 Å². The van der Waals surface area contributed by atoms with Crippen LogP contribution in [0, 0.1) is 0 Å². The van der Waals surface area contributed by atoms with Gasteiger partial charge in [-0.2, -0.15) is 0 Å². The number of aliphatic carboxylic acids is 1. The Morgan fingerprint density at radius 3 is 2.81 bits per heavy atom. The van der Waals surface area contributed by atoms with Gasteiger partial charge in [-0.15, -0.1) is 11.3 Å². The van der Waals surface area contributed by atoms with Gasteiger partial charge in [0, 0.05) is 5.92 Å². The third-order valence-electron chi connectivity index (χ3n) is 3.99. The largest absolute Gasteiger partial charge is 0.480 e. The van der Waals surface area contributed by atoms with Crippen LogP contribution >= 0.6 is 11.3 Å². The molecule has 1 fully saturated rings. The molecule has 1 saturated carbocycles. The molecule has 1 aliphatic rings. The minimum absolute atomic E-state index is 0.289. The van der Waals surface area contributed by atoms with E-state index in [4.69, 9.17) is 0 Å². The van der Waals surface area contributed by atoms with Gasteiger partial charge in [-0.25, -0.2) is 9.78 Å². The Kier molecular flexibility index (Phi) is 5.73. The lowest BCUT2D eigenvalue weighted by Gasteiger charge is -2.15. The first-order valence-electron chi connectivity index (χ1n) is 7.60. The molecule has 5 nitrogen and oxygen atoms in total. The number of carbonyl (C=O) groups is 2. The van der Waals surface area contributed by atoms with Crippen molar-refractivity contribution < 1.29 is 14.7 Å². The van der Waals surface area contributed by atoms with Gasteiger partial charge in [-0.3, -0.25) is 4.79 Å². The molecule has 6 heteroatoms. The number of thiazole rings is 1. The third kappa shape index (κ3) is 4.03. The number of nitrogens with zero attached hydrogens (tertiary/aromatic N) is 1. The summed E-state index contributed by atoms with van der Waals surface area (Å²) in [5.41, 5.74) is 2.54. The van der Waals surface area contributed by atoms with E-state index in [9.17, 15) is 14.7 Å². The molecule has 1 heterocycles. The molecule has 116 valence electrons. The highest BCUT2D eigenvalue weighted by atomic mass is 32.1. The van der Waals surface area contributed by atoms with Gasteiger partial charge in [-0.1, -0.05) is 32.6 Å². The average molecular weight is 310 g/mol. The minimum Gasteiger partial charge on any atom is -0.480 e. The number of nitrogens with one attached hydrogen (secondary N) is 1. The molecule has 1 atom stereocenters. The molecular formula is C15H22N2O3S. The van der Waals surface area contributed by atoms with Crippen molar-refractivity contribution in [1.82, 2.24) is 10.3 Å². The Morgan fingerprint density at radius 1 is 1.48 bits per heavy atom. The normalized spacial score (nSPS) is 16.8. The molecule has 0 aliphatic heterocycles. The number of hydrogen-bond donors (Lipinski definition) is 2. The van der Waals surface area contributed by atoms with Gasteiger partial charge in [-0.05, 0) is 19.3 Å². The van der Waals surface area contributed by atoms with Crippen LogP contribution in [0.2, 0.25) is 0 Å². The molecule has 21 heavy (non-hydrogen) atoms. The first-order chi connectivity index (χ1) is 10.1. The van der Waals surface area contributed by atoms with Gasteiger partial charge >= 0.3 is 5.97 Å². The molecule has 1 unspecified atom stereocenters. The molecule has 1 amide bonds. The summed E-state index contributed by atoms with van der Waals surface area (Å²) in [5, 5.41) is 11.8. The van der Waals surface area contributed by atoms with Crippen LogP contribution in [-0.2, 0) is 4.79 Å². The van der Waals surface area contributed by atoms with Crippen LogP contribution in [0.3, 0.4) is 0 Å². The van der Waals surface area contributed by atoms with E-state index in [0.29, 0.717) is 17.2 Å². The van der Waals surface area contributed by atoms with Crippen molar-refractivity contribution in [2.45, 2.75) is 63.8 Å². The molecule has 2 rings (SSSR count). The van der Waals surface area contributed by atoms with E-state index in [-0.39, 0.29) is 5.91 Å². The smallest absolute Gasteiger partial charge is 0.326 e. The monoisotopic (exact) mass is 310 g/mol. The summed E-state index contributed by atoms with van der Waals surface area (Å²) in [6.45, 7) is 2.00. The Labute approximate surface area is 128 Å². The van der Waals surface area contributed by atoms with Gasteiger partial charge in [0.2, 0.25) is 0 Å². The summed E-state index contributed by atoms with van der Waals surface area (Å²) in [6, 6.07) is -0.809. The predicted octanol–water partition coefficient (Wildman–Crippen LogP) is 3.17. The number of hydrogen-bond acceptors (Lipinski definition) is 4. The van der Waals surface area contributed by atoms with Crippen molar-refractivity contribution >= 4 is 23.2 Å². The second-order valence-corrected chi connectivity index (χ2v) is 6.41. The van der Waals surface area contributed by atoms with Crippen LogP contribution in [0.1, 0.15) is 73.2 Å². The first kappa shape index (κ1) is 15.9. The van der Waals surface area contributed by atoms with E-state index in [2.05, 4.69) is 10.3 Å². The Balaban J connectivity index is 2.05. The van der Waals surface area contributed by atoms with Crippen molar-refractivity contribution in [2.24, 2.45) is 0 Å². The number of carbonyl (C=O) groups excluding carboxylic acids is 1. The van der Waals surface area contributed by atoms with Crippen LogP contribution < -0.4 is 5.32 Å². The average Bonchev–Trinajstić information content (AvgIpc) is 3.11. The van der Waals surface area contributed by atoms with Crippen molar-refractivity contribution in [2.75, 3.05) is 0 Å². The SMILES string of the molecule is CCCCC(NC(=O)c1scnc1C1CCCC1)C(=O)O. The maximum absolute atomic E-state index is 12.4. The van der Waals surface area contributed by atoms with Gasteiger partial charge in [0.1, 0.15) is 10.9 Å². The zero-order valence-electron chi connectivity index (χ0n) is 12.3. The fourth-order valence-corrected chi connectivity index (χ4v) is 3.58. The standard InChI is InChI=1S/C15H22N2O3S/c1-2-3-8-11(15(19)20)17-14(18)13-12(16-9-21-13)10-6-4-5-7-10/h9-11H,2-8H2,1H3,(H,17,18)(H,19,20). The lowest BCUT2D eigenvalue weighted by molar-refractivity contribution is -0.139. The summed E-state index contributed by atoms with van der Waals surface area (Å²) in [7, 11) is 0. The van der Waals surface area contributed by atoms with Crippen molar-refractivity contribution in [3.05, 3.63) is 16.1 Å². The number of aromatic nitrogens is 1. The number of carboxylic acids is 1. The van der Waals surface area contributed by atoms with Gasteiger partial charge in [0.25, 0.3) is 5.91 Å². The maximum atomic E-state index is 12.4. The van der Waals surface area contributed by atoms with Crippen molar-refractivity contribution in [1.29, 1.82) is 0 Å². The first-order valence-corrected chi connectivity index (χ1v) is 8.48. The maximum Gasteiger partial charge on any atom is 0.326 e. The van der Waals surface area contributed by atoms with E-state index >= 15 is 0 Å². The third-order valence-corrected chi connectivity index (χ3v) is 4.83. The molecular weight excluding hydrogens is 288 g/mol. The van der Waals surface area contributed by atoms with E-state index < -0.39 is 12.0 Å². The Hall–Kier alpha value is -1.43. The molecule has 1 aromatic rings. The van der Waals surface area contributed by atoms with E-state index in [1.54, 1.807) is 5.51 Å². The van der Waals surface area contributed by atoms with E-state index in [0.717, 1.165) is 31.4 Å². The Bertz CT molecular complexity index is 495. The highest BCUT2D eigenvalue weighted by molar-refractivity contribution is 7.11. The molecule has 2 N–H and O–H groups in total. The van der Waals surface area contributed by atoms with Crippen LogP contribution in [0.15, 0.2) is 5.51 Å². The summed E-state index contributed by atoms with van der Waals surface area (Å²) in [4.78, 5) is 28.5. The van der Waals surface area contributed by atoms with Crippen LogP contribution in [0.5, 0.6) is 0 Å². The number of carboxylic acid groups (broad SMARTS) is 1. The minimum atomic E-state index is -0.969. The molecule has 1 aliphatic carbocycles. The molecule has 0 aromatic carbocycles. The van der Waals surface area contributed by atoms with E-state index in [1.165, 1.54) is 24.2 Å². The van der Waals surface area contributed by atoms with Crippen LogP contribution in [0.25, 0.3) is 0 Å². The van der Waals surface area contributed by atoms with Crippen LogP contribution in [0.4, 0.5) is 0 Å². The summed E-state index contributed by atoms with van der Waals surface area (Å²) in [6.07, 6.45) is 6.66. The molecule has 1 aromatic heterocycles. The molecule has 0 bridgehead atoms. The molecule has 0 saturated heterocycles. The van der Waals surface area contributed by atoms with Gasteiger partial charge < -0.3 is 10.4 Å². The summed E-state index contributed by atoms with van der Waals surface area (Å²) >= 11 is 1.31. The fourth-order valence-electron chi connectivity index (χ4n) is 2.80. The quantitative estimate of drug-likeness (QED) is 0.810. The highest BCUT2D eigenvalue weighted by Crippen LogP contribution is 2.36. The number of rotatable bonds is 7. The zero-order valence-corrected chi connectivity index (χ0v) is 13.1.